The summed E-state index contributed by atoms with van der Waals surface area (Å²) in [5.74, 6) is 0.666. The van der Waals surface area contributed by atoms with Crippen LogP contribution in [0.25, 0.3) is 0 Å². The Balaban J connectivity index is 2.56. The summed E-state index contributed by atoms with van der Waals surface area (Å²) >= 11 is 0. The Bertz CT molecular complexity index is 255. The molecule has 3 atom stereocenters. The molecule has 0 aromatic heterocycles. The molecule has 0 aromatic carbocycles. The van der Waals surface area contributed by atoms with Gasteiger partial charge in [0.15, 0.2) is 0 Å². The maximum absolute atomic E-state index is 12.0. The number of carbonyl (C=O) groups excluding carboxylic acids is 1. The standard InChI is InChI=1S/C13H27N3O/c1-9(2)15-13(17)10(3)16(4)12-7-5-6-11(12)8-14/h9-12H,5-8,14H2,1-4H3,(H,15,17). The molecule has 3 unspecified atom stereocenters. The van der Waals surface area contributed by atoms with Crippen molar-refractivity contribution in [2.24, 2.45) is 11.7 Å². The SMILES string of the molecule is CC(C)NC(=O)C(C)N(C)C1CCCC1CN. The summed E-state index contributed by atoms with van der Waals surface area (Å²) in [5.41, 5.74) is 5.79. The molecule has 4 heteroatoms. The summed E-state index contributed by atoms with van der Waals surface area (Å²) in [6.07, 6.45) is 3.59. The summed E-state index contributed by atoms with van der Waals surface area (Å²) < 4.78 is 0. The first kappa shape index (κ1) is 14.5. The second kappa shape index (κ2) is 6.36. The molecular weight excluding hydrogens is 214 g/mol. The zero-order valence-corrected chi connectivity index (χ0v) is 11.6. The van der Waals surface area contributed by atoms with E-state index in [4.69, 9.17) is 5.73 Å². The minimum absolute atomic E-state index is 0.0745. The van der Waals surface area contributed by atoms with Crippen LogP contribution in [0.1, 0.15) is 40.0 Å². The highest BCUT2D eigenvalue weighted by molar-refractivity contribution is 5.81. The number of nitrogens with two attached hydrogens (primary N) is 1. The fourth-order valence-electron chi connectivity index (χ4n) is 2.71. The average molecular weight is 241 g/mol. The van der Waals surface area contributed by atoms with E-state index in [-0.39, 0.29) is 18.0 Å². The smallest absolute Gasteiger partial charge is 0.237 e. The van der Waals surface area contributed by atoms with Gasteiger partial charge in [-0.05, 0) is 53.1 Å². The Morgan fingerprint density at radius 1 is 1.41 bits per heavy atom. The highest BCUT2D eigenvalue weighted by atomic mass is 16.2. The zero-order chi connectivity index (χ0) is 13.0. The first-order chi connectivity index (χ1) is 7.97. The van der Waals surface area contributed by atoms with Crippen LogP contribution in [0.15, 0.2) is 0 Å². The van der Waals surface area contributed by atoms with Crippen molar-refractivity contribution < 1.29 is 4.79 Å². The van der Waals surface area contributed by atoms with E-state index < -0.39 is 0 Å². The van der Waals surface area contributed by atoms with Gasteiger partial charge in [-0.25, -0.2) is 0 Å². The lowest BCUT2D eigenvalue weighted by molar-refractivity contribution is -0.126. The molecule has 0 saturated heterocycles. The molecule has 17 heavy (non-hydrogen) atoms. The molecule has 3 N–H and O–H groups in total. The van der Waals surface area contributed by atoms with Crippen molar-refractivity contribution in [3.05, 3.63) is 0 Å². The van der Waals surface area contributed by atoms with Gasteiger partial charge < -0.3 is 11.1 Å². The molecule has 1 amide bonds. The molecule has 100 valence electrons. The summed E-state index contributed by atoms with van der Waals surface area (Å²) in [7, 11) is 2.04. The third kappa shape index (κ3) is 3.68. The summed E-state index contributed by atoms with van der Waals surface area (Å²) in [6, 6.07) is 0.592. The van der Waals surface area contributed by atoms with E-state index >= 15 is 0 Å². The number of nitrogens with one attached hydrogen (secondary N) is 1. The van der Waals surface area contributed by atoms with E-state index in [2.05, 4.69) is 10.2 Å². The Kier molecular flexibility index (Phi) is 5.40. The van der Waals surface area contributed by atoms with Crippen molar-refractivity contribution in [3.63, 3.8) is 0 Å². The van der Waals surface area contributed by atoms with Crippen LogP contribution in [0.3, 0.4) is 0 Å². The second-order valence-corrected chi connectivity index (χ2v) is 5.50. The molecule has 0 aromatic rings. The Labute approximate surface area is 105 Å². The highest BCUT2D eigenvalue weighted by Gasteiger charge is 2.33. The number of hydrogen-bond acceptors (Lipinski definition) is 3. The number of hydrogen-bond donors (Lipinski definition) is 2. The zero-order valence-electron chi connectivity index (χ0n) is 11.6. The number of carbonyl (C=O) groups is 1. The Morgan fingerprint density at radius 3 is 2.59 bits per heavy atom. The third-order valence-corrected chi connectivity index (χ3v) is 3.87. The third-order valence-electron chi connectivity index (χ3n) is 3.87. The number of likely N-dealkylation sites (N-methyl/N-ethyl adjacent to an activating group) is 1. The fraction of sp³-hybridized carbons (Fsp3) is 0.923. The van der Waals surface area contributed by atoms with Crippen LogP contribution < -0.4 is 11.1 Å². The number of rotatable bonds is 5. The van der Waals surface area contributed by atoms with Gasteiger partial charge in [0.05, 0.1) is 6.04 Å². The minimum atomic E-state index is -0.0745. The molecule has 0 aliphatic heterocycles. The van der Waals surface area contributed by atoms with Gasteiger partial charge >= 0.3 is 0 Å². The lowest BCUT2D eigenvalue weighted by Gasteiger charge is -2.33. The molecule has 0 radical (unpaired) electrons. The van der Waals surface area contributed by atoms with Crippen molar-refractivity contribution in [1.82, 2.24) is 10.2 Å². The molecule has 0 heterocycles. The van der Waals surface area contributed by atoms with Gasteiger partial charge in [0.1, 0.15) is 0 Å². The molecule has 1 saturated carbocycles. The van der Waals surface area contributed by atoms with Crippen LogP contribution in [0, 0.1) is 5.92 Å². The molecule has 1 rings (SSSR count). The lowest BCUT2D eigenvalue weighted by atomic mass is 10.0. The predicted molar refractivity (Wildman–Crippen MR) is 70.7 cm³/mol. The second-order valence-electron chi connectivity index (χ2n) is 5.50. The predicted octanol–water partition coefficient (Wildman–Crippen LogP) is 0.959. The molecule has 0 bridgehead atoms. The van der Waals surface area contributed by atoms with Crippen LogP contribution in [0.5, 0.6) is 0 Å². The van der Waals surface area contributed by atoms with Gasteiger partial charge in [0.2, 0.25) is 5.91 Å². The highest BCUT2D eigenvalue weighted by Crippen LogP contribution is 2.29. The first-order valence-corrected chi connectivity index (χ1v) is 6.69. The summed E-state index contributed by atoms with van der Waals surface area (Å²) in [5, 5.41) is 2.97. The van der Waals surface area contributed by atoms with Gasteiger partial charge in [0, 0.05) is 12.1 Å². The van der Waals surface area contributed by atoms with Crippen molar-refractivity contribution in [3.8, 4) is 0 Å². The molecule has 4 nitrogen and oxygen atoms in total. The van der Waals surface area contributed by atoms with Crippen molar-refractivity contribution in [1.29, 1.82) is 0 Å². The Morgan fingerprint density at radius 2 is 2.06 bits per heavy atom. The van der Waals surface area contributed by atoms with Crippen LogP contribution in [-0.2, 0) is 4.79 Å². The Hall–Kier alpha value is -0.610. The molecule has 1 aliphatic rings. The molecule has 1 aliphatic carbocycles. The topological polar surface area (TPSA) is 58.4 Å². The van der Waals surface area contributed by atoms with Crippen molar-refractivity contribution in [2.75, 3.05) is 13.6 Å². The monoisotopic (exact) mass is 241 g/mol. The number of amides is 1. The largest absolute Gasteiger partial charge is 0.353 e. The lowest BCUT2D eigenvalue weighted by Crippen LogP contribution is -2.50. The average Bonchev–Trinajstić information content (AvgIpc) is 2.73. The molecular formula is C13H27N3O. The van der Waals surface area contributed by atoms with Gasteiger partial charge in [-0.2, -0.15) is 0 Å². The van der Waals surface area contributed by atoms with E-state index in [1.54, 1.807) is 0 Å². The quantitative estimate of drug-likeness (QED) is 0.754. The van der Waals surface area contributed by atoms with E-state index in [9.17, 15) is 4.79 Å². The van der Waals surface area contributed by atoms with E-state index in [1.807, 2.05) is 27.8 Å². The summed E-state index contributed by atoms with van der Waals surface area (Å²) in [6.45, 7) is 6.68. The van der Waals surface area contributed by atoms with Gasteiger partial charge in [-0.1, -0.05) is 6.42 Å². The first-order valence-electron chi connectivity index (χ1n) is 6.69. The normalized spacial score (nSPS) is 26.5. The minimum Gasteiger partial charge on any atom is -0.353 e. The fourth-order valence-corrected chi connectivity index (χ4v) is 2.71. The van der Waals surface area contributed by atoms with E-state index in [1.165, 1.54) is 12.8 Å². The number of nitrogens with zero attached hydrogens (tertiary/aromatic N) is 1. The molecule has 1 fully saturated rings. The van der Waals surface area contributed by atoms with E-state index in [0.717, 1.165) is 13.0 Å². The van der Waals surface area contributed by atoms with Crippen LogP contribution in [0.4, 0.5) is 0 Å². The maximum Gasteiger partial charge on any atom is 0.237 e. The van der Waals surface area contributed by atoms with Crippen molar-refractivity contribution in [2.45, 2.75) is 58.2 Å². The van der Waals surface area contributed by atoms with Gasteiger partial charge in [-0.15, -0.1) is 0 Å². The molecule has 0 spiro atoms. The van der Waals surface area contributed by atoms with Crippen LogP contribution >= 0.6 is 0 Å². The van der Waals surface area contributed by atoms with Gasteiger partial charge in [-0.3, -0.25) is 9.69 Å². The van der Waals surface area contributed by atoms with E-state index in [0.29, 0.717) is 12.0 Å². The van der Waals surface area contributed by atoms with Gasteiger partial charge in [0.25, 0.3) is 0 Å². The van der Waals surface area contributed by atoms with Crippen molar-refractivity contribution >= 4 is 5.91 Å². The maximum atomic E-state index is 12.0. The summed E-state index contributed by atoms with van der Waals surface area (Å²) in [4.78, 5) is 14.2. The van der Waals surface area contributed by atoms with Crippen LogP contribution in [0.2, 0.25) is 0 Å². The van der Waals surface area contributed by atoms with Crippen LogP contribution in [-0.4, -0.2) is 42.5 Å².